The van der Waals surface area contributed by atoms with Gasteiger partial charge in [0.2, 0.25) is 0 Å². The van der Waals surface area contributed by atoms with E-state index < -0.39 is 17.5 Å². The summed E-state index contributed by atoms with van der Waals surface area (Å²) in [7, 11) is 0. The van der Waals surface area contributed by atoms with Gasteiger partial charge in [-0.2, -0.15) is 18.3 Å². The minimum atomic E-state index is -4.39. The Balaban J connectivity index is 2.42. The second-order valence-corrected chi connectivity index (χ2v) is 3.18. The minimum absolute atomic E-state index is 0.0833. The zero-order chi connectivity index (χ0) is 9.69. The topological polar surface area (TPSA) is 41.2 Å². The molecule has 1 aliphatic heterocycles. The molecule has 72 valence electrons. The number of alkyl halides is 3. The summed E-state index contributed by atoms with van der Waals surface area (Å²) in [5, 5.41) is 5.31. The predicted molar refractivity (Wildman–Crippen MR) is 36.9 cm³/mol. The summed E-state index contributed by atoms with van der Waals surface area (Å²) in [5.74, 6) is 0. The lowest BCUT2D eigenvalue weighted by atomic mass is 10.0. The van der Waals surface area contributed by atoms with E-state index in [-0.39, 0.29) is 5.56 Å². The van der Waals surface area contributed by atoms with Gasteiger partial charge in [-0.15, -0.1) is 0 Å². The average molecular weight is 192 g/mol. The highest BCUT2D eigenvalue weighted by atomic mass is 19.4. The van der Waals surface area contributed by atoms with Crippen molar-refractivity contribution in [3.8, 4) is 0 Å². The normalized spacial score (nSPS) is 27.7. The van der Waals surface area contributed by atoms with Crippen LogP contribution < -0.4 is 0 Å². The summed E-state index contributed by atoms with van der Waals surface area (Å²) >= 11 is 0. The van der Waals surface area contributed by atoms with Crippen molar-refractivity contribution in [1.82, 2.24) is 10.2 Å². The second kappa shape index (κ2) is 2.25. The number of aromatic nitrogens is 2. The molecule has 1 aromatic heterocycles. The third kappa shape index (κ3) is 1.31. The summed E-state index contributed by atoms with van der Waals surface area (Å²) in [5.41, 5.74) is -1.52. The molecule has 3 nitrogen and oxygen atoms in total. The third-order valence-electron chi connectivity index (χ3n) is 2.07. The summed E-state index contributed by atoms with van der Waals surface area (Å²) < 4.78 is 41.9. The maximum atomic E-state index is 12.3. The summed E-state index contributed by atoms with van der Waals surface area (Å²) in [4.78, 5) is 0. The van der Waals surface area contributed by atoms with Crippen LogP contribution in [0, 0.1) is 0 Å². The maximum Gasteiger partial charge on any atom is 0.433 e. The molecule has 1 atom stereocenters. The lowest BCUT2D eigenvalue weighted by Crippen LogP contribution is -2.13. The molecule has 1 saturated heterocycles. The van der Waals surface area contributed by atoms with Crippen molar-refractivity contribution in [2.24, 2.45) is 0 Å². The second-order valence-electron chi connectivity index (χ2n) is 3.18. The van der Waals surface area contributed by atoms with Gasteiger partial charge in [-0.05, 0) is 6.92 Å². The van der Waals surface area contributed by atoms with E-state index in [1.54, 1.807) is 6.92 Å². The van der Waals surface area contributed by atoms with Gasteiger partial charge in [0, 0.05) is 5.56 Å². The van der Waals surface area contributed by atoms with Gasteiger partial charge in [0.25, 0.3) is 0 Å². The zero-order valence-electron chi connectivity index (χ0n) is 6.77. The Bertz CT molecular complexity index is 307. The molecule has 2 heterocycles. The largest absolute Gasteiger partial charge is 0.433 e. The molecule has 1 N–H and O–H groups in total. The van der Waals surface area contributed by atoms with Gasteiger partial charge in [-0.25, -0.2) is 0 Å². The number of nitrogens with zero attached hydrogens (tertiary/aromatic N) is 1. The first kappa shape index (κ1) is 8.55. The standard InChI is InChI=1S/C7H7F3N2O/c1-6(3-13-6)4-2-11-12-5(4)7(8,9)10/h2H,3H2,1H3,(H,11,12). The quantitative estimate of drug-likeness (QED) is 0.687. The first-order valence-electron chi connectivity index (χ1n) is 3.68. The predicted octanol–water partition coefficient (Wildman–Crippen LogP) is 1.67. The molecule has 0 radical (unpaired) electrons. The van der Waals surface area contributed by atoms with Crippen molar-refractivity contribution in [2.45, 2.75) is 18.7 Å². The molecule has 13 heavy (non-hydrogen) atoms. The van der Waals surface area contributed by atoms with E-state index in [9.17, 15) is 13.2 Å². The molecule has 0 saturated carbocycles. The molecule has 1 fully saturated rings. The molecule has 6 heteroatoms. The average Bonchev–Trinajstić information content (AvgIpc) is 2.60. The van der Waals surface area contributed by atoms with Crippen molar-refractivity contribution in [1.29, 1.82) is 0 Å². The molecule has 1 aliphatic rings. The van der Waals surface area contributed by atoms with Gasteiger partial charge in [0.15, 0.2) is 0 Å². The first-order chi connectivity index (χ1) is 5.93. The molecule has 0 aromatic carbocycles. The first-order valence-corrected chi connectivity index (χ1v) is 3.68. The molecule has 1 unspecified atom stereocenters. The fraction of sp³-hybridized carbons (Fsp3) is 0.571. The summed E-state index contributed by atoms with van der Waals surface area (Å²) in [6.07, 6.45) is -3.23. The molecule has 0 spiro atoms. The van der Waals surface area contributed by atoms with Crippen LogP contribution in [0.3, 0.4) is 0 Å². The lowest BCUT2D eigenvalue weighted by Gasteiger charge is -2.08. The molecule has 1 aromatic rings. The fourth-order valence-corrected chi connectivity index (χ4v) is 1.17. The SMILES string of the molecule is CC1(c2cn[nH]c2C(F)(F)F)CO1. The van der Waals surface area contributed by atoms with Crippen LogP contribution in [-0.2, 0) is 16.5 Å². The molecular formula is C7H7F3N2O. The van der Waals surface area contributed by atoms with E-state index in [2.05, 4.69) is 5.10 Å². The monoisotopic (exact) mass is 192 g/mol. The molecular weight excluding hydrogens is 185 g/mol. The molecule has 2 rings (SSSR count). The van der Waals surface area contributed by atoms with Crippen molar-refractivity contribution >= 4 is 0 Å². The number of hydrogen-bond acceptors (Lipinski definition) is 2. The Labute approximate surface area is 71.9 Å². The number of rotatable bonds is 1. The van der Waals surface area contributed by atoms with Gasteiger partial charge in [0.1, 0.15) is 11.3 Å². The van der Waals surface area contributed by atoms with Crippen LogP contribution in [0.15, 0.2) is 6.20 Å². The maximum absolute atomic E-state index is 12.3. The Kier molecular flexibility index (Phi) is 1.48. The van der Waals surface area contributed by atoms with E-state index in [1.165, 1.54) is 0 Å². The van der Waals surface area contributed by atoms with E-state index >= 15 is 0 Å². The molecule has 0 bridgehead atoms. The highest BCUT2D eigenvalue weighted by Gasteiger charge is 2.49. The van der Waals surface area contributed by atoms with Crippen molar-refractivity contribution in [2.75, 3.05) is 6.61 Å². The number of halogens is 3. The van der Waals surface area contributed by atoms with Gasteiger partial charge in [-0.3, -0.25) is 5.10 Å². The minimum Gasteiger partial charge on any atom is -0.365 e. The van der Waals surface area contributed by atoms with E-state index in [1.807, 2.05) is 5.10 Å². The number of nitrogens with one attached hydrogen (secondary N) is 1. The van der Waals surface area contributed by atoms with E-state index in [0.29, 0.717) is 6.61 Å². The van der Waals surface area contributed by atoms with Gasteiger partial charge >= 0.3 is 6.18 Å². The highest BCUT2D eigenvalue weighted by Crippen LogP contribution is 2.43. The number of ether oxygens (including phenoxy) is 1. The van der Waals surface area contributed by atoms with Crippen molar-refractivity contribution in [3.05, 3.63) is 17.5 Å². The summed E-state index contributed by atoms with van der Waals surface area (Å²) in [6.45, 7) is 1.92. The fourth-order valence-electron chi connectivity index (χ4n) is 1.17. The van der Waals surface area contributed by atoms with Crippen molar-refractivity contribution < 1.29 is 17.9 Å². The smallest absolute Gasteiger partial charge is 0.365 e. The van der Waals surface area contributed by atoms with Gasteiger partial charge in [-0.1, -0.05) is 0 Å². The lowest BCUT2D eigenvalue weighted by molar-refractivity contribution is -0.142. The van der Waals surface area contributed by atoms with Crippen LogP contribution in [0.25, 0.3) is 0 Å². The Morgan fingerprint density at radius 3 is 2.69 bits per heavy atom. The van der Waals surface area contributed by atoms with Crippen LogP contribution in [0.4, 0.5) is 13.2 Å². The van der Waals surface area contributed by atoms with Crippen LogP contribution in [0.5, 0.6) is 0 Å². The Morgan fingerprint density at radius 1 is 1.62 bits per heavy atom. The van der Waals surface area contributed by atoms with Crippen LogP contribution >= 0.6 is 0 Å². The van der Waals surface area contributed by atoms with Gasteiger partial charge in [0.05, 0.1) is 12.8 Å². The van der Waals surface area contributed by atoms with E-state index in [0.717, 1.165) is 6.20 Å². The number of epoxide rings is 1. The number of aromatic amines is 1. The Hall–Kier alpha value is -1.04. The number of hydrogen-bond donors (Lipinski definition) is 1. The van der Waals surface area contributed by atoms with Crippen molar-refractivity contribution in [3.63, 3.8) is 0 Å². The van der Waals surface area contributed by atoms with Crippen LogP contribution in [0.1, 0.15) is 18.2 Å². The highest BCUT2D eigenvalue weighted by molar-refractivity contribution is 5.29. The Morgan fingerprint density at radius 2 is 2.23 bits per heavy atom. The van der Waals surface area contributed by atoms with Gasteiger partial charge < -0.3 is 4.74 Å². The third-order valence-corrected chi connectivity index (χ3v) is 2.07. The molecule has 0 aliphatic carbocycles. The van der Waals surface area contributed by atoms with Crippen LogP contribution in [0.2, 0.25) is 0 Å². The van der Waals surface area contributed by atoms with Crippen LogP contribution in [-0.4, -0.2) is 16.8 Å². The zero-order valence-corrected chi connectivity index (χ0v) is 6.77. The summed E-state index contributed by atoms with van der Waals surface area (Å²) in [6, 6.07) is 0. The van der Waals surface area contributed by atoms with E-state index in [4.69, 9.17) is 4.74 Å². The number of H-pyrrole nitrogens is 1. The molecule has 0 amide bonds.